The monoisotopic (exact) mass is 204 g/mol. The molecule has 0 aliphatic carbocycles. The summed E-state index contributed by atoms with van der Waals surface area (Å²) in [5, 5.41) is 0. The van der Waals surface area contributed by atoms with Crippen LogP contribution in [-0.4, -0.2) is 14.5 Å². The van der Waals surface area contributed by atoms with Gasteiger partial charge in [-0.2, -0.15) is 0 Å². The van der Waals surface area contributed by atoms with Gasteiger partial charge in [0.1, 0.15) is 11.3 Å². The molecule has 0 unspecified atom stereocenters. The lowest BCUT2D eigenvalue weighted by molar-refractivity contribution is 0.521. The number of fused-ring (bicyclic) bond motifs is 1. The zero-order chi connectivity index (χ0) is 11.0. The van der Waals surface area contributed by atoms with Crippen LogP contribution in [0.25, 0.3) is 11.2 Å². The zero-order valence-corrected chi connectivity index (χ0v) is 9.36. The summed E-state index contributed by atoms with van der Waals surface area (Å²) in [7, 11) is 0. The Labute approximate surface area is 89.1 Å². The third-order valence-corrected chi connectivity index (χ3v) is 2.34. The summed E-state index contributed by atoms with van der Waals surface area (Å²) in [6.45, 7) is 7.31. The van der Waals surface area contributed by atoms with Crippen molar-refractivity contribution in [3.05, 3.63) is 18.1 Å². The Bertz CT molecular complexity index is 485. The molecule has 0 spiro atoms. The highest BCUT2D eigenvalue weighted by Crippen LogP contribution is 2.17. The highest BCUT2D eigenvalue weighted by Gasteiger charge is 2.09. The number of aromatic nitrogens is 3. The van der Waals surface area contributed by atoms with Gasteiger partial charge in [0.15, 0.2) is 5.65 Å². The van der Waals surface area contributed by atoms with Crippen molar-refractivity contribution in [2.45, 2.75) is 27.3 Å². The molecular weight excluding hydrogens is 188 g/mol. The summed E-state index contributed by atoms with van der Waals surface area (Å²) < 4.78 is 2.14. The molecule has 15 heavy (non-hydrogen) atoms. The molecule has 0 saturated heterocycles. The van der Waals surface area contributed by atoms with Gasteiger partial charge in [-0.05, 0) is 18.9 Å². The van der Waals surface area contributed by atoms with E-state index in [9.17, 15) is 0 Å². The fourth-order valence-electron chi connectivity index (χ4n) is 1.72. The van der Waals surface area contributed by atoms with Crippen molar-refractivity contribution in [1.82, 2.24) is 14.5 Å². The first kappa shape index (κ1) is 9.96. The normalized spacial score (nSPS) is 11.5. The van der Waals surface area contributed by atoms with E-state index in [1.807, 2.05) is 13.0 Å². The lowest BCUT2D eigenvalue weighted by atomic mass is 10.2. The molecule has 0 amide bonds. The average Bonchev–Trinajstić information content (AvgIpc) is 2.41. The van der Waals surface area contributed by atoms with Crippen LogP contribution in [0.3, 0.4) is 0 Å². The summed E-state index contributed by atoms with van der Waals surface area (Å²) in [5.41, 5.74) is 8.15. The fraction of sp³-hybridized carbons (Fsp3) is 0.455. The number of rotatable bonds is 2. The van der Waals surface area contributed by atoms with Crippen LogP contribution in [0.4, 0.5) is 5.69 Å². The van der Waals surface area contributed by atoms with E-state index in [-0.39, 0.29) is 0 Å². The topological polar surface area (TPSA) is 56.7 Å². The van der Waals surface area contributed by atoms with Crippen molar-refractivity contribution in [1.29, 1.82) is 0 Å². The molecule has 4 heteroatoms. The molecule has 0 aromatic carbocycles. The van der Waals surface area contributed by atoms with Crippen LogP contribution < -0.4 is 5.73 Å². The molecule has 2 aromatic heterocycles. The molecule has 2 aromatic rings. The van der Waals surface area contributed by atoms with Crippen molar-refractivity contribution < 1.29 is 0 Å². The quantitative estimate of drug-likeness (QED) is 0.813. The van der Waals surface area contributed by atoms with E-state index >= 15 is 0 Å². The largest absolute Gasteiger partial charge is 0.397 e. The molecule has 0 saturated carbocycles. The fourth-order valence-corrected chi connectivity index (χ4v) is 1.72. The van der Waals surface area contributed by atoms with Gasteiger partial charge in [-0.3, -0.25) is 0 Å². The van der Waals surface area contributed by atoms with E-state index in [1.54, 1.807) is 6.20 Å². The van der Waals surface area contributed by atoms with Gasteiger partial charge in [0.2, 0.25) is 0 Å². The number of nitrogens with two attached hydrogens (primary N) is 1. The summed E-state index contributed by atoms with van der Waals surface area (Å²) in [4.78, 5) is 8.78. The third-order valence-electron chi connectivity index (χ3n) is 2.34. The van der Waals surface area contributed by atoms with Crippen molar-refractivity contribution in [2.75, 3.05) is 5.73 Å². The molecule has 0 aliphatic rings. The lowest BCUT2D eigenvalue weighted by Gasteiger charge is -2.08. The van der Waals surface area contributed by atoms with Crippen molar-refractivity contribution in [2.24, 2.45) is 5.92 Å². The van der Waals surface area contributed by atoms with Crippen molar-refractivity contribution in [3.63, 3.8) is 0 Å². The Kier molecular flexibility index (Phi) is 2.34. The first-order valence-corrected chi connectivity index (χ1v) is 5.16. The minimum Gasteiger partial charge on any atom is -0.397 e. The number of anilines is 1. The maximum absolute atomic E-state index is 5.67. The van der Waals surface area contributed by atoms with Crippen molar-refractivity contribution in [3.8, 4) is 0 Å². The van der Waals surface area contributed by atoms with E-state index in [0.29, 0.717) is 11.6 Å². The van der Waals surface area contributed by atoms with E-state index < -0.39 is 0 Å². The third kappa shape index (κ3) is 1.79. The smallest absolute Gasteiger partial charge is 0.160 e. The average molecular weight is 204 g/mol. The van der Waals surface area contributed by atoms with Gasteiger partial charge in [0.05, 0.1) is 11.9 Å². The standard InChI is InChI=1S/C11H16N4/c1-7(2)6-15-8(3)14-10-4-9(12)5-13-11(10)15/h4-5,7H,6,12H2,1-3H3. The van der Waals surface area contributed by atoms with Gasteiger partial charge < -0.3 is 10.3 Å². The number of hydrogen-bond donors (Lipinski definition) is 1. The molecule has 2 rings (SSSR count). The predicted octanol–water partition coefficient (Wildman–Crippen LogP) is 1.98. The van der Waals surface area contributed by atoms with Gasteiger partial charge >= 0.3 is 0 Å². The molecule has 0 radical (unpaired) electrons. The molecule has 80 valence electrons. The highest BCUT2D eigenvalue weighted by molar-refractivity contribution is 5.74. The molecule has 0 bridgehead atoms. The van der Waals surface area contributed by atoms with Crippen LogP contribution in [-0.2, 0) is 6.54 Å². The number of imidazole rings is 1. The first-order valence-electron chi connectivity index (χ1n) is 5.16. The van der Waals surface area contributed by atoms with Gasteiger partial charge in [-0.25, -0.2) is 9.97 Å². The molecular formula is C11H16N4. The first-order chi connectivity index (χ1) is 7.08. The van der Waals surface area contributed by atoms with Gasteiger partial charge in [-0.15, -0.1) is 0 Å². The van der Waals surface area contributed by atoms with E-state index in [1.165, 1.54) is 0 Å². The highest BCUT2D eigenvalue weighted by atomic mass is 15.1. The molecule has 0 aliphatic heterocycles. The minimum absolute atomic E-state index is 0.584. The molecule has 2 heterocycles. The Morgan fingerprint density at radius 3 is 2.87 bits per heavy atom. The maximum Gasteiger partial charge on any atom is 0.160 e. The van der Waals surface area contributed by atoms with Crippen LogP contribution in [0.1, 0.15) is 19.7 Å². The van der Waals surface area contributed by atoms with E-state index in [2.05, 4.69) is 28.4 Å². The Balaban J connectivity index is 2.58. The summed E-state index contributed by atoms with van der Waals surface area (Å²) in [5.74, 6) is 1.58. The number of hydrogen-bond acceptors (Lipinski definition) is 3. The minimum atomic E-state index is 0.584. The van der Waals surface area contributed by atoms with E-state index in [4.69, 9.17) is 5.73 Å². The predicted molar refractivity (Wildman–Crippen MR) is 61.5 cm³/mol. The van der Waals surface area contributed by atoms with Gasteiger partial charge in [0, 0.05) is 6.54 Å². The maximum atomic E-state index is 5.67. The molecule has 0 fully saturated rings. The zero-order valence-electron chi connectivity index (χ0n) is 9.36. The SMILES string of the molecule is Cc1nc2cc(N)cnc2n1CC(C)C. The van der Waals surface area contributed by atoms with Crippen molar-refractivity contribution >= 4 is 16.9 Å². The summed E-state index contributed by atoms with van der Waals surface area (Å²) in [6, 6.07) is 1.87. The summed E-state index contributed by atoms with van der Waals surface area (Å²) in [6.07, 6.45) is 1.68. The molecule has 0 atom stereocenters. The van der Waals surface area contributed by atoms with Crippen LogP contribution >= 0.6 is 0 Å². The Morgan fingerprint density at radius 1 is 1.47 bits per heavy atom. The second-order valence-corrected chi connectivity index (χ2v) is 4.27. The number of nitrogen functional groups attached to an aromatic ring is 1. The van der Waals surface area contributed by atoms with Crippen LogP contribution in [0.15, 0.2) is 12.3 Å². The molecule has 2 N–H and O–H groups in total. The number of pyridine rings is 1. The molecule has 4 nitrogen and oxygen atoms in total. The van der Waals surface area contributed by atoms with Crippen LogP contribution in [0.2, 0.25) is 0 Å². The summed E-state index contributed by atoms with van der Waals surface area (Å²) >= 11 is 0. The Morgan fingerprint density at radius 2 is 2.20 bits per heavy atom. The number of aryl methyl sites for hydroxylation is 1. The van der Waals surface area contributed by atoms with Crippen LogP contribution in [0, 0.1) is 12.8 Å². The Hall–Kier alpha value is -1.58. The van der Waals surface area contributed by atoms with E-state index in [0.717, 1.165) is 23.5 Å². The van der Waals surface area contributed by atoms with Crippen LogP contribution in [0.5, 0.6) is 0 Å². The van der Waals surface area contributed by atoms with Gasteiger partial charge in [0.25, 0.3) is 0 Å². The second-order valence-electron chi connectivity index (χ2n) is 4.27. The second kappa shape index (κ2) is 3.53. The lowest BCUT2D eigenvalue weighted by Crippen LogP contribution is -2.06. The van der Waals surface area contributed by atoms with Gasteiger partial charge in [-0.1, -0.05) is 13.8 Å². The number of nitrogens with zero attached hydrogens (tertiary/aromatic N) is 3.